The van der Waals surface area contributed by atoms with Crippen molar-refractivity contribution in [2.75, 3.05) is 11.4 Å². The highest BCUT2D eigenvalue weighted by atomic mass is 16.4. The number of nitrogens with zero attached hydrogens (tertiary/aromatic N) is 3. The van der Waals surface area contributed by atoms with Crippen molar-refractivity contribution in [2.24, 2.45) is 5.92 Å². The first-order valence-electron chi connectivity index (χ1n) is 6.38. The summed E-state index contributed by atoms with van der Waals surface area (Å²) in [4.78, 5) is 13.2. The van der Waals surface area contributed by atoms with E-state index >= 15 is 0 Å². The highest BCUT2D eigenvalue weighted by molar-refractivity contribution is 5.91. The lowest BCUT2D eigenvalue weighted by Crippen LogP contribution is -2.33. The van der Waals surface area contributed by atoms with Gasteiger partial charge in [0.15, 0.2) is 5.82 Å². The Bertz CT molecular complexity index is 624. The van der Waals surface area contributed by atoms with Gasteiger partial charge in [-0.15, -0.1) is 5.10 Å². The number of aromatic nitrogens is 2. The van der Waals surface area contributed by atoms with Crippen molar-refractivity contribution >= 4 is 22.6 Å². The number of hydrogen-bond donors (Lipinski definition) is 1. The number of anilines is 1. The summed E-state index contributed by atoms with van der Waals surface area (Å²) in [7, 11) is 0. The van der Waals surface area contributed by atoms with Crippen molar-refractivity contribution in [3.05, 3.63) is 30.5 Å². The van der Waals surface area contributed by atoms with Crippen molar-refractivity contribution in [2.45, 2.75) is 19.4 Å². The molecule has 1 fully saturated rings. The quantitative estimate of drug-likeness (QED) is 0.890. The van der Waals surface area contributed by atoms with Gasteiger partial charge in [0.05, 0.1) is 12.1 Å². The average Bonchev–Trinajstić information content (AvgIpc) is 2.80. The molecule has 1 aliphatic rings. The van der Waals surface area contributed by atoms with Gasteiger partial charge in [-0.05, 0) is 13.3 Å². The third kappa shape index (κ3) is 1.91. The van der Waals surface area contributed by atoms with Gasteiger partial charge < -0.3 is 10.0 Å². The van der Waals surface area contributed by atoms with Crippen LogP contribution in [-0.2, 0) is 4.79 Å². The summed E-state index contributed by atoms with van der Waals surface area (Å²) in [5.74, 6) is -0.279. The molecular weight excluding hydrogens is 242 g/mol. The Morgan fingerprint density at radius 2 is 2.21 bits per heavy atom. The molecule has 1 aliphatic heterocycles. The van der Waals surface area contributed by atoms with E-state index in [2.05, 4.69) is 10.2 Å². The summed E-state index contributed by atoms with van der Waals surface area (Å²) < 4.78 is 0. The number of carboxylic acid groups (broad SMARTS) is 1. The molecule has 19 heavy (non-hydrogen) atoms. The standard InChI is InChI=1S/C14H15N3O2/c1-9-11(14(18)19)6-7-17(9)13-12-5-3-2-4-10(12)8-15-16-13/h2-5,8-9,11H,6-7H2,1H3,(H,18,19). The molecule has 1 aromatic carbocycles. The van der Waals surface area contributed by atoms with Crippen molar-refractivity contribution in [1.29, 1.82) is 0 Å². The zero-order valence-electron chi connectivity index (χ0n) is 10.7. The zero-order valence-corrected chi connectivity index (χ0v) is 10.7. The van der Waals surface area contributed by atoms with Crippen molar-refractivity contribution < 1.29 is 9.90 Å². The lowest BCUT2D eigenvalue weighted by Gasteiger charge is -2.24. The third-order valence-electron chi connectivity index (χ3n) is 3.90. The minimum absolute atomic E-state index is 0.0578. The van der Waals surface area contributed by atoms with Crippen molar-refractivity contribution in [3.63, 3.8) is 0 Å². The van der Waals surface area contributed by atoms with Crippen LogP contribution in [0.1, 0.15) is 13.3 Å². The number of aliphatic carboxylic acids is 1. The second-order valence-corrected chi connectivity index (χ2v) is 4.92. The molecule has 1 N–H and O–H groups in total. The van der Waals surface area contributed by atoms with Crippen LogP contribution in [0.3, 0.4) is 0 Å². The summed E-state index contributed by atoms with van der Waals surface area (Å²) in [6.07, 6.45) is 2.38. The maximum atomic E-state index is 11.2. The summed E-state index contributed by atoms with van der Waals surface area (Å²) in [5.41, 5.74) is 0. The van der Waals surface area contributed by atoms with Gasteiger partial charge in [-0.2, -0.15) is 5.10 Å². The average molecular weight is 257 g/mol. The number of benzene rings is 1. The van der Waals surface area contributed by atoms with E-state index in [1.165, 1.54) is 0 Å². The molecule has 5 heteroatoms. The fourth-order valence-corrected chi connectivity index (χ4v) is 2.79. The molecule has 0 aliphatic carbocycles. The highest BCUT2D eigenvalue weighted by Crippen LogP contribution is 2.32. The second-order valence-electron chi connectivity index (χ2n) is 4.92. The Hall–Kier alpha value is -2.17. The van der Waals surface area contributed by atoms with Gasteiger partial charge in [0.2, 0.25) is 0 Å². The predicted octanol–water partition coefficient (Wildman–Crippen LogP) is 1.93. The minimum atomic E-state index is -0.733. The molecule has 2 aromatic rings. The summed E-state index contributed by atoms with van der Waals surface area (Å²) >= 11 is 0. The number of fused-ring (bicyclic) bond motifs is 1. The van der Waals surface area contributed by atoms with Crippen LogP contribution >= 0.6 is 0 Å². The van der Waals surface area contributed by atoms with Crippen LogP contribution in [0.2, 0.25) is 0 Å². The highest BCUT2D eigenvalue weighted by Gasteiger charge is 2.36. The topological polar surface area (TPSA) is 66.3 Å². The van der Waals surface area contributed by atoms with E-state index in [0.717, 1.165) is 16.6 Å². The van der Waals surface area contributed by atoms with Crippen LogP contribution < -0.4 is 4.90 Å². The molecule has 2 unspecified atom stereocenters. The molecule has 0 bridgehead atoms. The summed E-state index contributed by atoms with van der Waals surface area (Å²) in [6.45, 7) is 2.65. The van der Waals surface area contributed by atoms with E-state index in [1.54, 1.807) is 6.20 Å². The molecule has 0 spiro atoms. The fourth-order valence-electron chi connectivity index (χ4n) is 2.79. The van der Waals surface area contributed by atoms with E-state index in [9.17, 15) is 9.90 Å². The molecule has 0 saturated carbocycles. The van der Waals surface area contributed by atoms with E-state index < -0.39 is 5.97 Å². The van der Waals surface area contributed by atoms with Crippen LogP contribution in [0.15, 0.2) is 30.5 Å². The molecule has 5 nitrogen and oxygen atoms in total. The monoisotopic (exact) mass is 257 g/mol. The third-order valence-corrected chi connectivity index (χ3v) is 3.90. The van der Waals surface area contributed by atoms with Crippen LogP contribution in [0, 0.1) is 5.92 Å². The maximum absolute atomic E-state index is 11.2. The number of rotatable bonds is 2. The molecule has 0 amide bonds. The van der Waals surface area contributed by atoms with Gasteiger partial charge in [-0.1, -0.05) is 24.3 Å². The Morgan fingerprint density at radius 1 is 1.42 bits per heavy atom. The van der Waals surface area contributed by atoms with Gasteiger partial charge >= 0.3 is 5.97 Å². The first-order chi connectivity index (χ1) is 9.18. The lowest BCUT2D eigenvalue weighted by molar-refractivity contribution is -0.141. The van der Waals surface area contributed by atoms with Crippen LogP contribution in [-0.4, -0.2) is 33.9 Å². The summed E-state index contributed by atoms with van der Waals surface area (Å²) in [5, 5.41) is 19.5. The SMILES string of the molecule is CC1C(C(=O)O)CCN1c1nncc2ccccc12. The second kappa shape index (κ2) is 4.50. The molecule has 0 radical (unpaired) electrons. The maximum Gasteiger partial charge on any atom is 0.308 e. The zero-order chi connectivity index (χ0) is 13.4. The van der Waals surface area contributed by atoms with Crippen LogP contribution in [0.5, 0.6) is 0 Å². The Labute approximate surface area is 110 Å². The number of carbonyl (C=O) groups is 1. The molecule has 3 rings (SSSR count). The lowest BCUT2D eigenvalue weighted by atomic mass is 10.0. The Balaban J connectivity index is 2.04. The molecule has 98 valence electrons. The largest absolute Gasteiger partial charge is 0.481 e. The minimum Gasteiger partial charge on any atom is -0.481 e. The van der Waals surface area contributed by atoms with E-state index in [4.69, 9.17) is 0 Å². The number of carboxylic acids is 1. The van der Waals surface area contributed by atoms with E-state index in [-0.39, 0.29) is 12.0 Å². The van der Waals surface area contributed by atoms with Crippen molar-refractivity contribution in [3.8, 4) is 0 Å². The van der Waals surface area contributed by atoms with E-state index in [0.29, 0.717) is 13.0 Å². The molecule has 2 atom stereocenters. The van der Waals surface area contributed by atoms with E-state index in [1.807, 2.05) is 36.1 Å². The summed E-state index contributed by atoms with van der Waals surface area (Å²) in [6, 6.07) is 7.85. The first-order valence-corrected chi connectivity index (χ1v) is 6.38. The smallest absolute Gasteiger partial charge is 0.308 e. The fraction of sp³-hybridized carbons (Fsp3) is 0.357. The molecular formula is C14H15N3O2. The molecule has 2 heterocycles. The number of hydrogen-bond acceptors (Lipinski definition) is 4. The van der Waals surface area contributed by atoms with Crippen LogP contribution in [0.25, 0.3) is 10.8 Å². The van der Waals surface area contributed by atoms with Crippen LogP contribution in [0.4, 0.5) is 5.82 Å². The first kappa shape index (κ1) is 11.9. The van der Waals surface area contributed by atoms with Gasteiger partial charge in [0.25, 0.3) is 0 Å². The van der Waals surface area contributed by atoms with Gasteiger partial charge in [-0.3, -0.25) is 4.79 Å². The molecule has 1 saturated heterocycles. The van der Waals surface area contributed by atoms with Gasteiger partial charge in [0.1, 0.15) is 0 Å². The van der Waals surface area contributed by atoms with Gasteiger partial charge in [-0.25, -0.2) is 0 Å². The normalized spacial score (nSPS) is 22.9. The predicted molar refractivity (Wildman–Crippen MR) is 72.1 cm³/mol. The Kier molecular flexibility index (Phi) is 2.81. The van der Waals surface area contributed by atoms with Gasteiger partial charge in [0, 0.05) is 23.4 Å². The molecule has 1 aromatic heterocycles. The Morgan fingerprint density at radius 3 is 2.95 bits per heavy atom. The van der Waals surface area contributed by atoms with Crippen molar-refractivity contribution in [1.82, 2.24) is 10.2 Å².